The van der Waals surface area contributed by atoms with Gasteiger partial charge in [-0.25, -0.2) is 0 Å². The predicted octanol–water partition coefficient (Wildman–Crippen LogP) is 0.224. The first-order chi connectivity index (χ1) is 8.63. The molecule has 0 fully saturated rings. The molecule has 0 atom stereocenters. The number of rotatable bonds is 6. The maximum absolute atomic E-state index is 11.7. The molecule has 2 amide bonds. The summed E-state index contributed by atoms with van der Waals surface area (Å²) in [5, 5.41) is 2.35. The van der Waals surface area contributed by atoms with E-state index >= 15 is 0 Å². The summed E-state index contributed by atoms with van der Waals surface area (Å²) < 4.78 is 0. The summed E-state index contributed by atoms with van der Waals surface area (Å²) >= 11 is 0. The van der Waals surface area contributed by atoms with Crippen molar-refractivity contribution in [2.24, 2.45) is 5.73 Å². The van der Waals surface area contributed by atoms with Crippen LogP contribution in [0.3, 0.4) is 0 Å². The first-order valence-corrected chi connectivity index (χ1v) is 5.91. The van der Waals surface area contributed by atoms with Crippen molar-refractivity contribution in [1.82, 2.24) is 10.2 Å². The molecule has 5 nitrogen and oxygen atoms in total. The van der Waals surface area contributed by atoms with Crippen LogP contribution in [0, 0.1) is 0 Å². The van der Waals surface area contributed by atoms with E-state index in [1.165, 1.54) is 0 Å². The Morgan fingerprint density at radius 3 is 2.56 bits per heavy atom. The molecule has 0 spiro atoms. The monoisotopic (exact) mass is 249 g/mol. The molecule has 98 valence electrons. The Morgan fingerprint density at radius 1 is 1.28 bits per heavy atom. The van der Waals surface area contributed by atoms with E-state index < -0.39 is 0 Å². The van der Waals surface area contributed by atoms with Gasteiger partial charge in [-0.1, -0.05) is 18.2 Å². The first-order valence-electron chi connectivity index (χ1n) is 5.91. The topological polar surface area (TPSA) is 75.4 Å². The normalized spacial score (nSPS) is 10.4. The molecule has 5 heteroatoms. The largest absolute Gasteiger partial charge is 0.330 e. The molecule has 18 heavy (non-hydrogen) atoms. The molecule has 0 aliphatic heterocycles. The van der Waals surface area contributed by atoms with Gasteiger partial charge in [0.2, 0.25) is 5.91 Å². The maximum Gasteiger partial charge on any atom is 0.257 e. The van der Waals surface area contributed by atoms with Crippen molar-refractivity contribution in [2.75, 3.05) is 26.7 Å². The summed E-state index contributed by atoms with van der Waals surface area (Å²) in [6.07, 6.45) is 0.830. The van der Waals surface area contributed by atoms with Gasteiger partial charge >= 0.3 is 0 Å². The van der Waals surface area contributed by atoms with Crippen LogP contribution in [0.25, 0.3) is 0 Å². The van der Waals surface area contributed by atoms with Gasteiger partial charge < -0.3 is 5.73 Å². The highest BCUT2D eigenvalue weighted by Gasteiger charge is 2.11. The fourth-order valence-electron chi connectivity index (χ4n) is 1.51. The second-order valence-electron chi connectivity index (χ2n) is 4.12. The highest BCUT2D eigenvalue weighted by atomic mass is 16.2. The molecular weight excluding hydrogens is 230 g/mol. The van der Waals surface area contributed by atoms with Crippen molar-refractivity contribution in [3.63, 3.8) is 0 Å². The zero-order valence-electron chi connectivity index (χ0n) is 10.6. The molecular formula is C13H19N3O2. The van der Waals surface area contributed by atoms with E-state index in [9.17, 15) is 9.59 Å². The van der Waals surface area contributed by atoms with Crippen LogP contribution in [0.4, 0.5) is 0 Å². The number of carbonyl (C=O) groups is 2. The zero-order chi connectivity index (χ0) is 13.4. The van der Waals surface area contributed by atoms with E-state index in [4.69, 9.17) is 5.73 Å². The SMILES string of the molecule is CN(CCCN)CC(=O)NC(=O)c1ccccc1. The van der Waals surface area contributed by atoms with Gasteiger partial charge in [0.1, 0.15) is 0 Å². The molecule has 0 saturated carbocycles. The Balaban J connectivity index is 2.38. The lowest BCUT2D eigenvalue weighted by Crippen LogP contribution is -2.39. The number of likely N-dealkylation sites (N-methyl/N-ethyl adjacent to an activating group) is 1. The van der Waals surface area contributed by atoms with Crippen LogP contribution in [-0.4, -0.2) is 43.4 Å². The second-order valence-corrected chi connectivity index (χ2v) is 4.12. The van der Waals surface area contributed by atoms with Gasteiger partial charge in [0.25, 0.3) is 5.91 Å². The highest BCUT2D eigenvalue weighted by Crippen LogP contribution is 1.97. The lowest BCUT2D eigenvalue weighted by molar-refractivity contribution is -0.121. The number of nitrogens with two attached hydrogens (primary N) is 1. The Kier molecular flexibility index (Phi) is 6.04. The van der Waals surface area contributed by atoms with Crippen LogP contribution in [0.2, 0.25) is 0 Å². The quantitative estimate of drug-likeness (QED) is 0.756. The minimum atomic E-state index is -0.368. The third-order valence-corrected chi connectivity index (χ3v) is 2.45. The smallest absolute Gasteiger partial charge is 0.257 e. The fraction of sp³-hybridized carbons (Fsp3) is 0.385. The van der Waals surface area contributed by atoms with Crippen LogP contribution in [0.15, 0.2) is 30.3 Å². The number of amides is 2. The Bertz CT molecular complexity index is 392. The van der Waals surface area contributed by atoms with E-state index in [0.717, 1.165) is 13.0 Å². The molecule has 0 unspecified atom stereocenters. The van der Waals surface area contributed by atoms with Gasteiger partial charge in [0.05, 0.1) is 6.54 Å². The maximum atomic E-state index is 11.7. The van der Waals surface area contributed by atoms with E-state index in [1.54, 1.807) is 24.3 Å². The minimum Gasteiger partial charge on any atom is -0.330 e. The summed E-state index contributed by atoms with van der Waals surface area (Å²) in [5.41, 5.74) is 5.86. The van der Waals surface area contributed by atoms with Crippen molar-refractivity contribution in [3.8, 4) is 0 Å². The lowest BCUT2D eigenvalue weighted by Gasteiger charge is -2.15. The van der Waals surface area contributed by atoms with E-state index in [-0.39, 0.29) is 18.4 Å². The van der Waals surface area contributed by atoms with Crippen molar-refractivity contribution in [3.05, 3.63) is 35.9 Å². The molecule has 1 rings (SSSR count). The summed E-state index contributed by atoms with van der Waals surface area (Å²) in [6.45, 7) is 1.52. The lowest BCUT2D eigenvalue weighted by atomic mass is 10.2. The van der Waals surface area contributed by atoms with Crippen LogP contribution < -0.4 is 11.1 Å². The first kappa shape index (κ1) is 14.3. The average Bonchev–Trinajstić information content (AvgIpc) is 2.37. The molecule has 0 aromatic heterocycles. The van der Waals surface area contributed by atoms with Gasteiger partial charge in [0, 0.05) is 5.56 Å². The van der Waals surface area contributed by atoms with Crippen molar-refractivity contribution in [1.29, 1.82) is 0 Å². The predicted molar refractivity (Wildman–Crippen MR) is 70.1 cm³/mol. The number of nitrogens with one attached hydrogen (secondary N) is 1. The van der Waals surface area contributed by atoms with Crippen molar-refractivity contribution in [2.45, 2.75) is 6.42 Å². The number of hydrogen-bond acceptors (Lipinski definition) is 4. The van der Waals surface area contributed by atoms with Gasteiger partial charge in [-0.05, 0) is 38.7 Å². The molecule has 0 aliphatic rings. The number of nitrogens with zero attached hydrogens (tertiary/aromatic N) is 1. The van der Waals surface area contributed by atoms with Crippen LogP contribution >= 0.6 is 0 Å². The Morgan fingerprint density at radius 2 is 1.94 bits per heavy atom. The standard InChI is InChI=1S/C13H19N3O2/c1-16(9-5-8-14)10-12(17)15-13(18)11-6-3-2-4-7-11/h2-4,6-7H,5,8-10,14H2,1H3,(H,15,17,18). The summed E-state index contributed by atoms with van der Waals surface area (Å²) in [6, 6.07) is 8.67. The molecule has 1 aromatic rings. The zero-order valence-corrected chi connectivity index (χ0v) is 10.6. The molecule has 0 aliphatic carbocycles. The number of hydrogen-bond donors (Lipinski definition) is 2. The number of imide groups is 1. The second kappa shape index (κ2) is 7.58. The van der Waals surface area contributed by atoms with Gasteiger partial charge in [-0.2, -0.15) is 0 Å². The summed E-state index contributed by atoms with van der Waals surface area (Å²) in [5.74, 6) is -0.670. The van der Waals surface area contributed by atoms with Crippen LogP contribution in [0.1, 0.15) is 16.8 Å². The molecule has 0 bridgehead atoms. The average molecular weight is 249 g/mol. The van der Waals surface area contributed by atoms with Crippen molar-refractivity contribution >= 4 is 11.8 Å². The van der Waals surface area contributed by atoms with Crippen molar-refractivity contribution < 1.29 is 9.59 Å². The molecule has 0 heterocycles. The van der Waals surface area contributed by atoms with E-state index in [1.807, 2.05) is 18.0 Å². The Hall–Kier alpha value is -1.72. The molecule has 0 radical (unpaired) electrons. The Labute approximate surface area is 107 Å². The van der Waals surface area contributed by atoms with Crippen LogP contribution in [0.5, 0.6) is 0 Å². The summed E-state index contributed by atoms with van der Waals surface area (Å²) in [7, 11) is 1.82. The summed E-state index contributed by atoms with van der Waals surface area (Å²) in [4.78, 5) is 25.1. The minimum absolute atomic E-state index is 0.193. The number of carbonyl (C=O) groups excluding carboxylic acids is 2. The van der Waals surface area contributed by atoms with E-state index in [0.29, 0.717) is 12.1 Å². The fourth-order valence-corrected chi connectivity index (χ4v) is 1.51. The van der Waals surface area contributed by atoms with E-state index in [2.05, 4.69) is 5.32 Å². The number of benzene rings is 1. The third-order valence-electron chi connectivity index (χ3n) is 2.45. The van der Waals surface area contributed by atoms with Gasteiger partial charge in [0.15, 0.2) is 0 Å². The van der Waals surface area contributed by atoms with Crippen LogP contribution in [-0.2, 0) is 4.79 Å². The van der Waals surface area contributed by atoms with Gasteiger partial charge in [-0.3, -0.25) is 19.8 Å². The highest BCUT2D eigenvalue weighted by molar-refractivity contribution is 6.05. The van der Waals surface area contributed by atoms with Gasteiger partial charge in [-0.15, -0.1) is 0 Å². The molecule has 3 N–H and O–H groups in total. The third kappa shape index (κ3) is 5.07. The molecule has 1 aromatic carbocycles. The molecule has 0 saturated heterocycles.